The number of sulfone groups is 1. The van der Waals surface area contributed by atoms with Gasteiger partial charge in [-0.3, -0.25) is 19.2 Å². The van der Waals surface area contributed by atoms with Crippen LogP contribution in [0.5, 0.6) is 46.0 Å². The van der Waals surface area contributed by atoms with Gasteiger partial charge in [-0.15, -0.1) is 0 Å². The van der Waals surface area contributed by atoms with E-state index in [2.05, 4.69) is 26.3 Å². The predicted octanol–water partition coefficient (Wildman–Crippen LogP) is 20.4. The van der Waals surface area contributed by atoms with Gasteiger partial charge in [-0.25, -0.2) is 27.6 Å². The number of benzene rings is 8. The van der Waals surface area contributed by atoms with Gasteiger partial charge in [-0.1, -0.05) is 134 Å². The Kier molecular flexibility index (Phi) is 44.4. The summed E-state index contributed by atoms with van der Waals surface area (Å²) in [5, 5.41) is 0. The lowest BCUT2D eigenvalue weighted by atomic mass is 9.73. The van der Waals surface area contributed by atoms with E-state index in [1.165, 1.54) is 100 Å². The van der Waals surface area contributed by atoms with Crippen LogP contribution in [0.1, 0.15) is 143 Å². The maximum Gasteiger partial charge on any atom is 0.411 e. The second-order valence-electron chi connectivity index (χ2n) is 25.1. The summed E-state index contributed by atoms with van der Waals surface area (Å²) in [4.78, 5) is 96.7. The number of ether oxygens (including phenoxy) is 12. The summed E-state index contributed by atoms with van der Waals surface area (Å²) in [5.74, 6) is -4.00. The van der Waals surface area contributed by atoms with Crippen molar-refractivity contribution in [3.05, 3.63) is 274 Å². The molecule has 120 heavy (non-hydrogen) atoms. The first-order valence-electron chi connectivity index (χ1n) is 33.6. The van der Waals surface area contributed by atoms with Crippen LogP contribution in [0.3, 0.4) is 0 Å². The van der Waals surface area contributed by atoms with Gasteiger partial charge in [0.2, 0.25) is 42.4 Å². The summed E-state index contributed by atoms with van der Waals surface area (Å²) in [6.07, 6.45) is -12.5. The van der Waals surface area contributed by atoms with E-state index in [0.29, 0.717) is 80.6 Å². The maximum absolute atomic E-state index is 14.8. The van der Waals surface area contributed by atoms with Crippen molar-refractivity contribution in [2.24, 2.45) is 0 Å². The Morgan fingerprint density at radius 2 is 0.483 bits per heavy atom. The van der Waals surface area contributed by atoms with Crippen LogP contribution in [0.2, 0.25) is 0 Å². The van der Waals surface area contributed by atoms with Crippen molar-refractivity contribution in [1.82, 2.24) is 0 Å². The summed E-state index contributed by atoms with van der Waals surface area (Å²) in [6, 6.07) is 35.7. The molecule has 0 aromatic heterocycles. The Bertz CT molecular complexity index is 4670. The number of carbonyl (C=O) groups excluding carboxylic acids is 8. The highest BCUT2D eigenvalue weighted by atomic mass is 32.2. The molecule has 0 saturated carbocycles. The fourth-order valence-electron chi connectivity index (χ4n) is 10.3. The molecule has 0 N–H and O–H groups in total. The zero-order valence-corrected chi connectivity index (χ0v) is 62.6. The van der Waals surface area contributed by atoms with Crippen LogP contribution in [-0.2, 0) is 98.2 Å². The Morgan fingerprint density at radius 3 is 0.658 bits per heavy atom. The summed E-state index contributed by atoms with van der Waals surface area (Å²) >= 11 is 0. The minimum atomic E-state index is -5.92. The van der Waals surface area contributed by atoms with E-state index in [1.54, 1.807) is 76.2 Å². The lowest BCUT2D eigenvalue weighted by Crippen LogP contribution is -2.54. The minimum Gasteiger partial charge on any atom is -0.457 e. The van der Waals surface area contributed by atoms with Crippen molar-refractivity contribution in [1.29, 1.82) is 0 Å². The normalized spacial score (nSPS) is 10.4. The molecule has 0 atom stereocenters. The largest absolute Gasteiger partial charge is 0.457 e. The lowest BCUT2D eigenvalue weighted by molar-refractivity contribution is -0.288. The van der Waals surface area contributed by atoms with Gasteiger partial charge in [0, 0.05) is 22.3 Å². The fraction of sp³-hybridized carbons (Fsp3) is 0.297. The number of hydrogen-bond donors (Lipinski definition) is 0. The summed E-state index contributed by atoms with van der Waals surface area (Å²) < 4.78 is 178. The molecular formula is C91H108F6O22S. The first-order chi connectivity index (χ1) is 52.7. The van der Waals surface area contributed by atoms with Gasteiger partial charge in [-0.2, -0.15) is 26.3 Å². The highest BCUT2D eigenvalue weighted by Gasteiger charge is 2.72. The summed E-state index contributed by atoms with van der Waals surface area (Å²) in [5.41, 5.74) is -1.07. The number of rotatable bonds is 32. The van der Waals surface area contributed by atoms with Crippen LogP contribution in [-0.4, -0.2) is 95.7 Å². The SMILES string of the molecule is C.C.C.C.C.C.C.C.C=C(C)C(=O)OCOc1ccc(CC(=O)Oc2ccc(C(c3ccc(OC(=O)Cc4ccc(OCOC(=O)C(=C)C)cc4C)cc3)(C(F)(F)F)C(F)(F)F)cc2)c(C)c1.C=C(C)C(=O)OCOc1ccc(CC(=O)Oc2ccc(S(=O)(=O)c3ccc(OC(=O)Cc4ccc(OCOC(=O)C(=C)C)cc4C)cc3)cc2)c(C)c1. The molecule has 0 fully saturated rings. The van der Waals surface area contributed by atoms with Gasteiger partial charge in [0.15, 0.2) is 0 Å². The van der Waals surface area contributed by atoms with Crippen LogP contribution >= 0.6 is 0 Å². The number of carbonyl (C=O) groups is 8. The van der Waals surface area contributed by atoms with Crippen LogP contribution in [0.4, 0.5) is 26.3 Å². The Morgan fingerprint density at radius 1 is 0.300 bits per heavy atom. The van der Waals surface area contributed by atoms with E-state index in [1.807, 2.05) is 0 Å². The van der Waals surface area contributed by atoms with Gasteiger partial charge >= 0.3 is 60.1 Å². The number of hydrogen-bond acceptors (Lipinski definition) is 22. The molecule has 0 radical (unpaired) electrons. The molecule has 8 aromatic carbocycles. The molecule has 0 spiro atoms. The standard InChI is InChI=1S/C43H38F6O10.C40H38O12S.8CH4/c1-25(2)39(52)56-23-54-35-13-7-29(27(5)19-35)21-37(50)58-33-15-9-31(10-16-33)41(42(44,45)46,43(47,48)49)32-11-17-34(18-12-32)59-38(51)22-30-8-14-36(20-28(30)6)55-24-57-40(53)26(3)4;1-25(2)39(43)49-23-47-33-9-7-29(27(5)19-33)21-37(41)51-31-11-15-35(16-12-31)53(45,46)36-17-13-32(14-18-36)52-38(42)22-30-8-10-34(20-28(30)6)48-24-50-40(44)26(3)4;;;;;;;;/h7-20H,1,3,21-24H2,2,4-6H3;7-20H,1,3,21-24H2,2,4-6H3;8*1H4. The third-order valence-corrected chi connectivity index (χ3v) is 18.1. The van der Waals surface area contributed by atoms with Crippen LogP contribution in [0, 0.1) is 27.7 Å². The number of esters is 8. The fourth-order valence-corrected chi connectivity index (χ4v) is 11.5. The molecule has 652 valence electrons. The Balaban J connectivity index is 0. The molecule has 0 unspecified atom stereocenters. The average molecular weight is 1700 g/mol. The van der Waals surface area contributed by atoms with Crippen molar-refractivity contribution in [2.45, 2.75) is 168 Å². The molecule has 0 aliphatic carbocycles. The van der Waals surface area contributed by atoms with E-state index in [-0.39, 0.29) is 167 Å². The predicted molar refractivity (Wildman–Crippen MR) is 446 cm³/mol. The monoisotopic (exact) mass is 1700 g/mol. The van der Waals surface area contributed by atoms with E-state index >= 15 is 0 Å². The van der Waals surface area contributed by atoms with Crippen molar-refractivity contribution in [3.63, 3.8) is 0 Å². The van der Waals surface area contributed by atoms with E-state index in [4.69, 9.17) is 56.8 Å². The zero-order chi connectivity index (χ0) is 82.4. The number of halogens is 6. The van der Waals surface area contributed by atoms with E-state index in [0.717, 1.165) is 35.4 Å². The van der Waals surface area contributed by atoms with E-state index < -0.39 is 86.5 Å². The van der Waals surface area contributed by atoms with Gasteiger partial charge in [-0.05, 0) is 232 Å². The smallest absolute Gasteiger partial charge is 0.411 e. The molecular weight excluding hydrogens is 1590 g/mol. The molecule has 0 bridgehead atoms. The third-order valence-electron chi connectivity index (χ3n) is 16.3. The van der Waals surface area contributed by atoms with Gasteiger partial charge < -0.3 is 56.8 Å². The molecule has 0 aliphatic rings. The topological polar surface area (TPSA) is 281 Å². The second-order valence-corrected chi connectivity index (χ2v) is 27.0. The second kappa shape index (κ2) is 48.8. The average Bonchev–Trinajstić information content (AvgIpc) is 0.716. The molecule has 0 aliphatic heterocycles. The molecule has 8 rings (SSSR count). The van der Waals surface area contributed by atoms with Gasteiger partial charge in [0.05, 0.1) is 35.5 Å². The van der Waals surface area contributed by atoms with Crippen molar-refractivity contribution in [2.75, 3.05) is 27.2 Å². The van der Waals surface area contributed by atoms with E-state index in [9.17, 15) is 73.1 Å². The van der Waals surface area contributed by atoms with Crippen LogP contribution in [0.15, 0.2) is 228 Å². The minimum absolute atomic E-state index is 0. The zero-order valence-electron chi connectivity index (χ0n) is 61.8. The number of aryl methyl sites for hydroxylation is 4. The van der Waals surface area contributed by atoms with Crippen molar-refractivity contribution < 1.29 is 130 Å². The summed E-state index contributed by atoms with van der Waals surface area (Å²) in [6.45, 7) is 25.5. The Labute approximate surface area is 699 Å². The maximum atomic E-state index is 14.8. The lowest BCUT2D eigenvalue weighted by Gasteiger charge is -2.38. The van der Waals surface area contributed by atoms with Crippen LogP contribution < -0.4 is 37.9 Å². The van der Waals surface area contributed by atoms with Gasteiger partial charge in [0.25, 0.3) is 0 Å². The first-order valence-corrected chi connectivity index (χ1v) is 35.0. The summed E-state index contributed by atoms with van der Waals surface area (Å²) in [7, 11) is -3.95. The molecule has 8 aromatic rings. The molecule has 0 amide bonds. The van der Waals surface area contributed by atoms with Gasteiger partial charge in [0.1, 0.15) is 46.0 Å². The third kappa shape index (κ3) is 30.6. The quantitative estimate of drug-likeness (QED) is 0.00945. The van der Waals surface area contributed by atoms with Crippen molar-refractivity contribution in [3.8, 4) is 46.0 Å². The molecule has 0 saturated heterocycles. The van der Waals surface area contributed by atoms with Crippen LogP contribution in [0.25, 0.3) is 0 Å². The number of alkyl halides is 6. The molecule has 22 nitrogen and oxygen atoms in total. The highest BCUT2D eigenvalue weighted by molar-refractivity contribution is 7.91. The molecule has 0 heterocycles. The Hall–Kier alpha value is -12.8. The molecule has 29 heteroatoms. The highest BCUT2D eigenvalue weighted by Crippen LogP contribution is 2.56. The van der Waals surface area contributed by atoms with Crippen molar-refractivity contribution >= 4 is 57.6 Å². The first kappa shape index (κ1) is 109.